The van der Waals surface area contributed by atoms with E-state index in [-0.39, 0.29) is 18.2 Å². The Morgan fingerprint density at radius 3 is 2.73 bits per heavy atom. The van der Waals surface area contributed by atoms with Gasteiger partial charge in [-0.25, -0.2) is 4.98 Å². The van der Waals surface area contributed by atoms with E-state index in [0.717, 1.165) is 5.69 Å². The lowest BCUT2D eigenvalue weighted by molar-refractivity contribution is -0.122. The fourth-order valence-corrected chi connectivity index (χ4v) is 2.96. The molecule has 26 heavy (non-hydrogen) atoms. The summed E-state index contributed by atoms with van der Waals surface area (Å²) in [5, 5.41) is 2.78. The zero-order chi connectivity index (χ0) is 18.7. The van der Waals surface area contributed by atoms with Crippen LogP contribution in [0.4, 0.5) is 11.5 Å². The van der Waals surface area contributed by atoms with Crippen molar-refractivity contribution >= 4 is 23.3 Å². The molecule has 1 saturated heterocycles. The molecular weight excluding hydrogens is 334 g/mol. The van der Waals surface area contributed by atoms with Crippen molar-refractivity contribution in [3.63, 3.8) is 0 Å². The highest BCUT2D eigenvalue weighted by Crippen LogP contribution is 2.35. The van der Waals surface area contributed by atoms with Crippen molar-refractivity contribution in [3.05, 3.63) is 42.1 Å². The van der Waals surface area contributed by atoms with Crippen LogP contribution in [-0.2, 0) is 9.59 Å². The molecule has 1 aromatic heterocycles. The average molecular weight is 355 g/mol. The molecule has 1 aliphatic heterocycles. The highest BCUT2D eigenvalue weighted by Gasteiger charge is 2.36. The largest absolute Gasteiger partial charge is 0.497 e. The molecule has 0 radical (unpaired) electrons. The summed E-state index contributed by atoms with van der Waals surface area (Å²) in [6.07, 6.45) is 0.146. The first-order valence-corrected chi connectivity index (χ1v) is 8.28. The summed E-state index contributed by atoms with van der Waals surface area (Å²) in [6.45, 7) is 2.14. The van der Waals surface area contributed by atoms with Crippen molar-refractivity contribution in [1.29, 1.82) is 0 Å². The minimum atomic E-state index is -0.448. The Labute approximate surface area is 151 Å². The minimum Gasteiger partial charge on any atom is -0.497 e. The third-order valence-corrected chi connectivity index (χ3v) is 4.31. The van der Waals surface area contributed by atoms with Crippen LogP contribution >= 0.6 is 0 Å². The number of carbonyl (C=O) groups is 2. The molecule has 2 aromatic rings. The predicted molar refractivity (Wildman–Crippen MR) is 97.6 cm³/mol. The number of nitrogens with one attached hydrogen (secondary N) is 1. The van der Waals surface area contributed by atoms with Crippen molar-refractivity contribution in [1.82, 2.24) is 4.98 Å². The Kier molecular flexibility index (Phi) is 5.06. The molecule has 1 atom stereocenters. The van der Waals surface area contributed by atoms with Gasteiger partial charge in [0.1, 0.15) is 17.3 Å². The molecule has 1 aromatic carbocycles. The molecule has 7 heteroatoms. The van der Waals surface area contributed by atoms with Gasteiger partial charge >= 0.3 is 0 Å². The third kappa shape index (κ3) is 3.61. The van der Waals surface area contributed by atoms with E-state index in [4.69, 9.17) is 9.47 Å². The Morgan fingerprint density at radius 1 is 1.23 bits per heavy atom. The van der Waals surface area contributed by atoms with Crippen LogP contribution in [0.2, 0.25) is 0 Å². The van der Waals surface area contributed by atoms with Gasteiger partial charge in [0.2, 0.25) is 11.8 Å². The van der Waals surface area contributed by atoms with Crippen LogP contribution in [0.5, 0.6) is 11.5 Å². The maximum Gasteiger partial charge on any atom is 0.230 e. The molecule has 1 aliphatic rings. The van der Waals surface area contributed by atoms with Crippen molar-refractivity contribution in [2.24, 2.45) is 5.92 Å². The van der Waals surface area contributed by atoms with E-state index >= 15 is 0 Å². The number of pyridine rings is 1. The molecule has 2 amide bonds. The quantitative estimate of drug-likeness (QED) is 0.891. The average Bonchev–Trinajstić information content (AvgIpc) is 3.03. The van der Waals surface area contributed by atoms with Crippen molar-refractivity contribution in [2.75, 3.05) is 31.0 Å². The molecular formula is C19H21N3O4. The van der Waals surface area contributed by atoms with Crippen LogP contribution in [0.25, 0.3) is 0 Å². The molecule has 0 unspecified atom stereocenters. The number of benzene rings is 1. The number of methoxy groups -OCH3 is 2. The SMILES string of the molecule is COc1ccc(N2C[C@@H](C(=O)Nc3cccc(C)n3)CC2=O)c(OC)c1. The van der Waals surface area contributed by atoms with E-state index in [9.17, 15) is 9.59 Å². The van der Waals surface area contributed by atoms with Crippen LogP contribution < -0.4 is 19.7 Å². The van der Waals surface area contributed by atoms with Crippen LogP contribution in [0.3, 0.4) is 0 Å². The second-order valence-electron chi connectivity index (χ2n) is 6.10. The van der Waals surface area contributed by atoms with Gasteiger partial charge in [0.15, 0.2) is 0 Å². The summed E-state index contributed by atoms with van der Waals surface area (Å²) in [6, 6.07) is 10.6. The number of carbonyl (C=O) groups excluding carboxylic acids is 2. The molecule has 0 saturated carbocycles. The summed E-state index contributed by atoms with van der Waals surface area (Å²) in [5.41, 5.74) is 1.44. The Balaban J connectivity index is 1.75. The number of anilines is 2. The Hall–Kier alpha value is -3.09. The fraction of sp³-hybridized carbons (Fsp3) is 0.316. The highest BCUT2D eigenvalue weighted by molar-refractivity contribution is 6.04. The van der Waals surface area contributed by atoms with E-state index in [0.29, 0.717) is 29.5 Å². The Morgan fingerprint density at radius 2 is 2.04 bits per heavy atom. The predicted octanol–water partition coefficient (Wildman–Crippen LogP) is 2.40. The van der Waals surface area contributed by atoms with Gasteiger partial charge in [-0.1, -0.05) is 6.07 Å². The number of aryl methyl sites for hydroxylation is 1. The van der Waals surface area contributed by atoms with Gasteiger partial charge in [-0.3, -0.25) is 9.59 Å². The van der Waals surface area contributed by atoms with Gasteiger partial charge in [0.05, 0.1) is 25.8 Å². The fourth-order valence-electron chi connectivity index (χ4n) is 2.96. The number of hydrogen-bond donors (Lipinski definition) is 1. The van der Waals surface area contributed by atoms with Gasteiger partial charge in [-0.15, -0.1) is 0 Å². The van der Waals surface area contributed by atoms with E-state index in [2.05, 4.69) is 10.3 Å². The minimum absolute atomic E-state index is 0.120. The Bertz CT molecular complexity index is 837. The maximum atomic E-state index is 12.5. The summed E-state index contributed by atoms with van der Waals surface area (Å²) in [4.78, 5) is 30.8. The molecule has 7 nitrogen and oxygen atoms in total. The standard InChI is InChI=1S/C19H21N3O4/c1-12-5-4-6-17(20-12)21-19(24)13-9-18(23)22(11-13)15-8-7-14(25-2)10-16(15)26-3/h4-8,10,13H,9,11H2,1-3H3,(H,20,21,24)/t13-/m0/s1. The summed E-state index contributed by atoms with van der Waals surface area (Å²) >= 11 is 0. The number of hydrogen-bond acceptors (Lipinski definition) is 5. The zero-order valence-corrected chi connectivity index (χ0v) is 15.0. The zero-order valence-electron chi connectivity index (χ0n) is 15.0. The summed E-state index contributed by atoms with van der Waals surface area (Å²) < 4.78 is 10.6. The lowest BCUT2D eigenvalue weighted by atomic mass is 10.1. The van der Waals surface area contributed by atoms with Crippen molar-refractivity contribution in [2.45, 2.75) is 13.3 Å². The van der Waals surface area contributed by atoms with E-state index < -0.39 is 5.92 Å². The summed E-state index contributed by atoms with van der Waals surface area (Å²) in [7, 11) is 3.10. The monoisotopic (exact) mass is 355 g/mol. The number of amides is 2. The second-order valence-corrected chi connectivity index (χ2v) is 6.10. The van der Waals surface area contributed by atoms with Gasteiger partial charge in [-0.05, 0) is 31.2 Å². The molecule has 0 aliphatic carbocycles. The van der Waals surface area contributed by atoms with Gasteiger partial charge in [-0.2, -0.15) is 0 Å². The van der Waals surface area contributed by atoms with Gasteiger partial charge < -0.3 is 19.7 Å². The second kappa shape index (κ2) is 7.43. The van der Waals surface area contributed by atoms with Crippen molar-refractivity contribution < 1.29 is 19.1 Å². The first-order valence-electron chi connectivity index (χ1n) is 8.28. The van der Waals surface area contributed by atoms with Crippen LogP contribution in [0.1, 0.15) is 12.1 Å². The lowest BCUT2D eigenvalue weighted by Crippen LogP contribution is -2.28. The smallest absolute Gasteiger partial charge is 0.230 e. The van der Waals surface area contributed by atoms with Crippen LogP contribution in [0, 0.1) is 12.8 Å². The van der Waals surface area contributed by atoms with Crippen LogP contribution in [0.15, 0.2) is 36.4 Å². The molecule has 0 bridgehead atoms. The first-order chi connectivity index (χ1) is 12.5. The third-order valence-electron chi connectivity index (χ3n) is 4.31. The molecule has 2 heterocycles. The molecule has 1 N–H and O–H groups in total. The highest BCUT2D eigenvalue weighted by atomic mass is 16.5. The lowest BCUT2D eigenvalue weighted by Gasteiger charge is -2.20. The number of aromatic nitrogens is 1. The van der Waals surface area contributed by atoms with Crippen LogP contribution in [-0.4, -0.2) is 37.6 Å². The topological polar surface area (TPSA) is 80.8 Å². The number of nitrogens with zero attached hydrogens (tertiary/aromatic N) is 2. The van der Waals surface area contributed by atoms with E-state index in [1.54, 1.807) is 36.3 Å². The summed E-state index contributed by atoms with van der Waals surface area (Å²) in [5.74, 6) is 0.868. The first kappa shape index (κ1) is 17.7. The molecule has 3 rings (SSSR count). The number of rotatable bonds is 5. The molecule has 1 fully saturated rings. The molecule has 136 valence electrons. The normalized spacial score (nSPS) is 16.5. The van der Waals surface area contributed by atoms with E-state index in [1.807, 2.05) is 19.1 Å². The van der Waals surface area contributed by atoms with Crippen molar-refractivity contribution in [3.8, 4) is 11.5 Å². The maximum absolute atomic E-state index is 12.5. The number of ether oxygens (including phenoxy) is 2. The van der Waals surface area contributed by atoms with Gasteiger partial charge in [0, 0.05) is 24.7 Å². The molecule has 0 spiro atoms. The van der Waals surface area contributed by atoms with E-state index in [1.165, 1.54) is 7.11 Å². The van der Waals surface area contributed by atoms with Gasteiger partial charge in [0.25, 0.3) is 0 Å².